The highest BCUT2D eigenvalue weighted by Crippen LogP contribution is 2.47. The Hall–Kier alpha value is -4.30. The van der Waals surface area contributed by atoms with Gasteiger partial charge < -0.3 is 29.0 Å². The summed E-state index contributed by atoms with van der Waals surface area (Å²) >= 11 is 0. The van der Waals surface area contributed by atoms with Crippen molar-refractivity contribution >= 4 is 11.9 Å². The summed E-state index contributed by atoms with van der Waals surface area (Å²) in [5.74, 6) is 1.01. The van der Waals surface area contributed by atoms with E-state index in [1.54, 1.807) is 28.4 Å². The van der Waals surface area contributed by atoms with E-state index >= 15 is 0 Å². The van der Waals surface area contributed by atoms with Gasteiger partial charge in [0.15, 0.2) is 11.5 Å². The summed E-state index contributed by atoms with van der Waals surface area (Å²) in [7, 11) is 6.38. The van der Waals surface area contributed by atoms with Gasteiger partial charge in [-0.3, -0.25) is 4.79 Å². The van der Waals surface area contributed by atoms with Gasteiger partial charge in [0, 0.05) is 25.0 Å². The molecule has 4 atom stereocenters. The third-order valence-corrected chi connectivity index (χ3v) is 9.40. The SMILES string of the molecule is COC1=CC=C2C(C(=O)C1)C(NC(=O)OCCC1c3ccccc3-c3ccccc31)CCC1=CC(OC)=C(OC)C(OC)C12. The van der Waals surface area contributed by atoms with E-state index < -0.39 is 24.2 Å². The largest absolute Gasteiger partial charge is 0.501 e. The Labute approximate surface area is 258 Å². The van der Waals surface area contributed by atoms with Crippen molar-refractivity contribution in [1.29, 1.82) is 0 Å². The van der Waals surface area contributed by atoms with Gasteiger partial charge in [0.05, 0.1) is 40.3 Å². The van der Waals surface area contributed by atoms with Gasteiger partial charge in [-0.15, -0.1) is 0 Å². The molecule has 1 N–H and O–H groups in total. The van der Waals surface area contributed by atoms with Crippen molar-refractivity contribution in [2.75, 3.05) is 35.0 Å². The van der Waals surface area contributed by atoms with Crippen LogP contribution in [0.25, 0.3) is 11.1 Å². The molecule has 6 rings (SSSR count). The van der Waals surface area contributed by atoms with Crippen LogP contribution in [0.2, 0.25) is 0 Å². The van der Waals surface area contributed by atoms with Crippen LogP contribution >= 0.6 is 0 Å². The number of carbonyl (C=O) groups is 2. The highest BCUT2D eigenvalue weighted by molar-refractivity contribution is 5.88. The molecule has 1 saturated carbocycles. The molecule has 4 unspecified atom stereocenters. The maximum Gasteiger partial charge on any atom is 0.407 e. The van der Waals surface area contributed by atoms with Crippen LogP contribution in [0.3, 0.4) is 0 Å². The van der Waals surface area contributed by atoms with Crippen molar-refractivity contribution in [2.24, 2.45) is 11.8 Å². The van der Waals surface area contributed by atoms with Crippen molar-refractivity contribution in [2.45, 2.75) is 43.7 Å². The summed E-state index contributed by atoms with van der Waals surface area (Å²) in [6.07, 6.45) is 6.74. The average Bonchev–Trinajstić information content (AvgIpc) is 3.15. The topological polar surface area (TPSA) is 92.3 Å². The zero-order chi connectivity index (χ0) is 30.8. The molecule has 0 bridgehead atoms. The number of rotatable bonds is 8. The molecule has 44 heavy (non-hydrogen) atoms. The normalized spacial score (nSPS) is 24.3. The number of nitrogens with one attached hydrogen (secondary N) is 1. The van der Waals surface area contributed by atoms with Crippen LogP contribution in [0.4, 0.5) is 4.79 Å². The molecule has 0 aromatic heterocycles. The lowest BCUT2D eigenvalue weighted by molar-refractivity contribution is -0.122. The summed E-state index contributed by atoms with van der Waals surface area (Å²) in [4.78, 5) is 27.2. The molecule has 0 heterocycles. The van der Waals surface area contributed by atoms with Gasteiger partial charge in [0.1, 0.15) is 17.6 Å². The predicted octanol–water partition coefficient (Wildman–Crippen LogP) is 6.20. The summed E-state index contributed by atoms with van der Waals surface area (Å²) in [6, 6.07) is 16.3. The third-order valence-electron chi connectivity index (χ3n) is 9.40. The lowest BCUT2D eigenvalue weighted by Gasteiger charge is -2.36. The maximum absolute atomic E-state index is 13.8. The second-order valence-corrected chi connectivity index (χ2v) is 11.6. The zero-order valence-electron chi connectivity index (χ0n) is 25.6. The first-order chi connectivity index (χ1) is 21.5. The number of amides is 1. The van der Waals surface area contributed by atoms with Crippen LogP contribution in [0, 0.1) is 11.8 Å². The van der Waals surface area contributed by atoms with E-state index in [4.69, 9.17) is 23.7 Å². The average molecular weight is 598 g/mol. The first kappa shape index (κ1) is 29.8. The molecule has 0 saturated heterocycles. The molecular formula is C36H39NO7. The Morgan fingerprint density at radius 1 is 0.886 bits per heavy atom. The number of hydrogen-bond donors (Lipinski definition) is 1. The molecule has 8 heteroatoms. The summed E-state index contributed by atoms with van der Waals surface area (Å²) < 4.78 is 28.6. The quantitative estimate of drug-likeness (QED) is 0.388. The van der Waals surface area contributed by atoms with Crippen molar-refractivity contribution in [3.8, 4) is 11.1 Å². The van der Waals surface area contributed by atoms with Gasteiger partial charge in [0.2, 0.25) is 0 Å². The van der Waals surface area contributed by atoms with Gasteiger partial charge in [0.25, 0.3) is 0 Å². The van der Waals surface area contributed by atoms with Crippen LogP contribution in [0.5, 0.6) is 0 Å². The molecule has 230 valence electrons. The summed E-state index contributed by atoms with van der Waals surface area (Å²) in [5, 5.41) is 3.07. The summed E-state index contributed by atoms with van der Waals surface area (Å²) in [6.45, 7) is 0.250. The molecule has 1 amide bonds. The Kier molecular flexibility index (Phi) is 8.62. The molecule has 4 aliphatic carbocycles. The highest BCUT2D eigenvalue weighted by Gasteiger charge is 2.47. The molecule has 2 aromatic rings. The molecule has 1 fully saturated rings. The molecule has 0 spiro atoms. The first-order valence-corrected chi connectivity index (χ1v) is 15.1. The van der Waals surface area contributed by atoms with E-state index in [1.165, 1.54) is 22.3 Å². The number of hydrogen-bond acceptors (Lipinski definition) is 7. The number of allylic oxidation sites excluding steroid dienone is 4. The predicted molar refractivity (Wildman–Crippen MR) is 166 cm³/mol. The summed E-state index contributed by atoms with van der Waals surface area (Å²) in [5.41, 5.74) is 6.89. The number of carbonyl (C=O) groups excluding carboxylic acids is 2. The van der Waals surface area contributed by atoms with Gasteiger partial charge in [-0.1, -0.05) is 60.2 Å². The number of alkyl carbamates (subject to hydrolysis) is 1. The number of methoxy groups -OCH3 is 4. The van der Waals surface area contributed by atoms with Crippen molar-refractivity contribution in [3.63, 3.8) is 0 Å². The van der Waals surface area contributed by atoms with E-state index in [0.717, 1.165) is 11.1 Å². The minimum atomic E-state index is -0.587. The Bertz CT molecular complexity index is 1520. The van der Waals surface area contributed by atoms with Crippen molar-refractivity contribution in [1.82, 2.24) is 5.32 Å². The van der Waals surface area contributed by atoms with Gasteiger partial charge >= 0.3 is 6.09 Å². The minimum Gasteiger partial charge on any atom is -0.501 e. The lowest BCUT2D eigenvalue weighted by atomic mass is 9.75. The standard InChI is InChI=1S/C36H39NO7/c1-40-22-14-15-28-32-21(19-31(41-2)34(42-3)35(32)43-4)13-16-29(33(28)30(38)20-22)37-36(39)44-18-17-27-25-11-7-5-9-23(25)24-10-6-8-12-26(24)27/h5-12,14-15,19,27,29,32-33,35H,13,16-18,20H2,1-4H3,(H,37,39). The highest BCUT2D eigenvalue weighted by atomic mass is 16.6. The fourth-order valence-electron chi connectivity index (χ4n) is 7.44. The van der Waals surface area contributed by atoms with Crippen LogP contribution in [-0.2, 0) is 28.5 Å². The smallest absolute Gasteiger partial charge is 0.407 e. The molecular weight excluding hydrogens is 558 g/mol. The number of Topliss-reactive ketones (excluding diaryl/α,β-unsaturated/α-hetero) is 1. The zero-order valence-corrected chi connectivity index (χ0v) is 25.6. The minimum absolute atomic E-state index is 0.0251. The second kappa shape index (κ2) is 12.7. The van der Waals surface area contributed by atoms with Gasteiger partial charge in [-0.05, 0) is 59.2 Å². The number of ketones is 1. The Balaban J connectivity index is 1.22. The second-order valence-electron chi connectivity index (χ2n) is 11.6. The van der Waals surface area contributed by atoms with Crippen LogP contribution in [0.1, 0.15) is 42.7 Å². The number of benzene rings is 2. The van der Waals surface area contributed by atoms with E-state index in [2.05, 4.69) is 53.8 Å². The monoisotopic (exact) mass is 597 g/mol. The van der Waals surface area contributed by atoms with Gasteiger partial charge in [-0.25, -0.2) is 4.79 Å². The molecule has 8 nitrogen and oxygen atoms in total. The van der Waals surface area contributed by atoms with Crippen molar-refractivity contribution < 1.29 is 33.3 Å². The maximum atomic E-state index is 13.8. The fourth-order valence-corrected chi connectivity index (χ4v) is 7.44. The third kappa shape index (κ3) is 5.32. The first-order valence-electron chi connectivity index (χ1n) is 15.1. The molecule has 4 aliphatic rings. The molecule has 0 radical (unpaired) electrons. The van der Waals surface area contributed by atoms with Crippen LogP contribution < -0.4 is 5.32 Å². The van der Waals surface area contributed by atoms with Crippen molar-refractivity contribution in [3.05, 3.63) is 106 Å². The fraction of sp³-hybridized carbons (Fsp3) is 0.389. The number of fused-ring (bicyclic) bond motifs is 6. The molecule has 2 aromatic carbocycles. The van der Waals surface area contributed by atoms with E-state index in [1.807, 2.05) is 18.2 Å². The Morgan fingerprint density at radius 3 is 2.23 bits per heavy atom. The van der Waals surface area contributed by atoms with E-state index in [-0.39, 0.29) is 30.6 Å². The van der Waals surface area contributed by atoms with Gasteiger partial charge in [-0.2, -0.15) is 0 Å². The Morgan fingerprint density at radius 2 is 1.59 bits per heavy atom. The van der Waals surface area contributed by atoms with E-state index in [9.17, 15) is 9.59 Å². The number of ether oxygens (including phenoxy) is 5. The molecule has 0 aliphatic heterocycles. The van der Waals surface area contributed by atoms with Crippen LogP contribution in [0.15, 0.2) is 95.2 Å². The lowest BCUT2D eigenvalue weighted by Crippen LogP contribution is -2.45. The van der Waals surface area contributed by atoms with Crippen LogP contribution in [-0.4, -0.2) is 59.1 Å². The van der Waals surface area contributed by atoms with E-state index in [0.29, 0.717) is 36.5 Å².